The van der Waals surface area contributed by atoms with Crippen LogP contribution >= 0.6 is 0 Å². The third-order valence-corrected chi connectivity index (χ3v) is 3.73. The highest BCUT2D eigenvalue weighted by atomic mass is 16.4. The maximum Gasteiger partial charge on any atom is 0.303 e. The van der Waals surface area contributed by atoms with Crippen molar-refractivity contribution in [3.8, 4) is 0 Å². The summed E-state index contributed by atoms with van der Waals surface area (Å²) in [5, 5.41) is 19.6. The number of nitrogens with one attached hydrogen (secondary N) is 1. The van der Waals surface area contributed by atoms with E-state index in [1.54, 1.807) is 26.0 Å². The number of carbonyl (C=O) groups excluding carboxylic acids is 1. The SMILES string of the molecule is CC(C)(CCC(=O)O)NC(=O)c1ccc(N2CCCC2)nn1. The van der Waals surface area contributed by atoms with Crippen LogP contribution in [0.4, 0.5) is 5.82 Å². The molecular weight excluding hydrogens is 284 g/mol. The normalized spacial score (nSPS) is 14.9. The Morgan fingerprint density at radius 2 is 1.95 bits per heavy atom. The van der Waals surface area contributed by atoms with Crippen LogP contribution in [0.1, 0.15) is 50.0 Å². The predicted octanol–water partition coefficient (Wildman–Crippen LogP) is 1.45. The Hall–Kier alpha value is -2.18. The average molecular weight is 306 g/mol. The number of anilines is 1. The fourth-order valence-electron chi connectivity index (χ4n) is 2.41. The first-order valence-corrected chi connectivity index (χ1v) is 7.50. The summed E-state index contributed by atoms with van der Waals surface area (Å²) >= 11 is 0. The third-order valence-electron chi connectivity index (χ3n) is 3.73. The van der Waals surface area contributed by atoms with E-state index in [1.165, 1.54) is 0 Å². The average Bonchev–Trinajstić information content (AvgIpc) is 2.99. The molecule has 0 bridgehead atoms. The van der Waals surface area contributed by atoms with E-state index in [4.69, 9.17) is 5.11 Å². The quantitative estimate of drug-likeness (QED) is 0.826. The molecule has 2 rings (SSSR count). The fraction of sp³-hybridized carbons (Fsp3) is 0.600. The van der Waals surface area contributed by atoms with Gasteiger partial charge in [0.1, 0.15) is 0 Å². The van der Waals surface area contributed by atoms with Crippen molar-refractivity contribution >= 4 is 17.7 Å². The molecule has 0 unspecified atom stereocenters. The van der Waals surface area contributed by atoms with Crippen molar-refractivity contribution < 1.29 is 14.7 Å². The molecule has 1 fully saturated rings. The maximum atomic E-state index is 12.2. The van der Waals surface area contributed by atoms with E-state index < -0.39 is 11.5 Å². The Morgan fingerprint density at radius 1 is 1.27 bits per heavy atom. The van der Waals surface area contributed by atoms with Crippen molar-refractivity contribution in [2.75, 3.05) is 18.0 Å². The van der Waals surface area contributed by atoms with E-state index in [1.807, 2.05) is 0 Å². The van der Waals surface area contributed by atoms with Gasteiger partial charge in [-0.1, -0.05) is 0 Å². The number of carbonyl (C=O) groups is 2. The first kappa shape index (κ1) is 16.2. The number of carboxylic acid groups (broad SMARTS) is 1. The van der Waals surface area contributed by atoms with E-state index in [-0.39, 0.29) is 18.0 Å². The fourth-order valence-corrected chi connectivity index (χ4v) is 2.41. The monoisotopic (exact) mass is 306 g/mol. The minimum atomic E-state index is -0.878. The molecule has 0 radical (unpaired) electrons. The zero-order valence-corrected chi connectivity index (χ0v) is 13.0. The van der Waals surface area contributed by atoms with Gasteiger partial charge in [-0.25, -0.2) is 0 Å². The van der Waals surface area contributed by atoms with Crippen LogP contribution in [0.15, 0.2) is 12.1 Å². The lowest BCUT2D eigenvalue weighted by Crippen LogP contribution is -2.44. The first-order chi connectivity index (χ1) is 10.4. The summed E-state index contributed by atoms with van der Waals surface area (Å²) in [5.74, 6) is -0.424. The number of nitrogens with zero attached hydrogens (tertiary/aromatic N) is 3. The number of aliphatic carboxylic acids is 1. The molecule has 2 heterocycles. The number of hydrogen-bond donors (Lipinski definition) is 2. The number of carboxylic acids is 1. The van der Waals surface area contributed by atoms with Crippen LogP contribution in [0.3, 0.4) is 0 Å². The van der Waals surface area contributed by atoms with Gasteiger partial charge in [0.2, 0.25) is 0 Å². The zero-order valence-electron chi connectivity index (χ0n) is 13.0. The first-order valence-electron chi connectivity index (χ1n) is 7.50. The highest BCUT2D eigenvalue weighted by Crippen LogP contribution is 2.17. The number of hydrogen-bond acceptors (Lipinski definition) is 5. The number of amides is 1. The van der Waals surface area contributed by atoms with Gasteiger partial charge in [-0.05, 0) is 45.2 Å². The standard InChI is InChI=1S/C15H22N4O3/c1-15(2,8-7-13(20)21)16-14(22)11-5-6-12(18-17-11)19-9-3-4-10-19/h5-6H,3-4,7-10H2,1-2H3,(H,16,22)(H,20,21). The molecule has 0 atom stereocenters. The molecule has 1 aromatic rings. The van der Waals surface area contributed by atoms with Crippen LogP contribution in [0.25, 0.3) is 0 Å². The molecule has 22 heavy (non-hydrogen) atoms. The third kappa shape index (κ3) is 4.41. The molecule has 7 nitrogen and oxygen atoms in total. The van der Waals surface area contributed by atoms with Crippen molar-refractivity contribution in [1.29, 1.82) is 0 Å². The van der Waals surface area contributed by atoms with Crippen LogP contribution in [0.2, 0.25) is 0 Å². The molecule has 1 amide bonds. The summed E-state index contributed by atoms with van der Waals surface area (Å²) in [7, 11) is 0. The molecule has 120 valence electrons. The van der Waals surface area contributed by atoms with Crippen LogP contribution in [0.5, 0.6) is 0 Å². The van der Waals surface area contributed by atoms with Gasteiger partial charge in [0.05, 0.1) is 0 Å². The Kier molecular flexibility index (Phi) is 4.95. The van der Waals surface area contributed by atoms with E-state index in [0.29, 0.717) is 6.42 Å². The molecule has 0 aliphatic carbocycles. The van der Waals surface area contributed by atoms with Gasteiger partial charge in [-0.2, -0.15) is 0 Å². The highest BCUT2D eigenvalue weighted by molar-refractivity contribution is 5.92. The smallest absolute Gasteiger partial charge is 0.303 e. The van der Waals surface area contributed by atoms with Crippen LogP contribution in [0, 0.1) is 0 Å². The van der Waals surface area contributed by atoms with Crippen molar-refractivity contribution in [2.24, 2.45) is 0 Å². The molecule has 1 aliphatic heterocycles. The Labute approximate surface area is 129 Å². The largest absolute Gasteiger partial charge is 0.481 e. The van der Waals surface area contributed by atoms with E-state index >= 15 is 0 Å². The molecule has 1 saturated heterocycles. The van der Waals surface area contributed by atoms with Gasteiger partial charge in [0, 0.05) is 25.0 Å². The number of rotatable bonds is 6. The molecular formula is C15H22N4O3. The Bertz CT molecular complexity index is 536. The van der Waals surface area contributed by atoms with Gasteiger partial charge in [0.15, 0.2) is 11.5 Å². The molecule has 0 aromatic carbocycles. The highest BCUT2D eigenvalue weighted by Gasteiger charge is 2.23. The summed E-state index contributed by atoms with van der Waals surface area (Å²) in [4.78, 5) is 24.9. The lowest BCUT2D eigenvalue weighted by Gasteiger charge is -2.25. The minimum Gasteiger partial charge on any atom is -0.481 e. The van der Waals surface area contributed by atoms with E-state index in [9.17, 15) is 9.59 Å². The zero-order chi connectivity index (χ0) is 16.2. The second-order valence-electron chi connectivity index (χ2n) is 6.20. The topological polar surface area (TPSA) is 95.4 Å². The summed E-state index contributed by atoms with van der Waals surface area (Å²) in [6, 6.07) is 3.46. The molecule has 0 spiro atoms. The lowest BCUT2D eigenvalue weighted by atomic mass is 9.98. The van der Waals surface area contributed by atoms with Crippen LogP contribution < -0.4 is 10.2 Å². The summed E-state index contributed by atoms with van der Waals surface area (Å²) in [5.41, 5.74) is -0.364. The van der Waals surface area contributed by atoms with E-state index in [0.717, 1.165) is 31.7 Å². The molecule has 1 aromatic heterocycles. The Morgan fingerprint density at radius 3 is 2.50 bits per heavy atom. The van der Waals surface area contributed by atoms with Crippen LogP contribution in [-0.4, -0.2) is 45.8 Å². The summed E-state index contributed by atoms with van der Waals surface area (Å²) in [6.07, 6.45) is 2.67. The summed E-state index contributed by atoms with van der Waals surface area (Å²) in [6.45, 7) is 5.53. The molecule has 1 aliphatic rings. The van der Waals surface area contributed by atoms with Crippen molar-refractivity contribution in [2.45, 2.75) is 45.1 Å². The van der Waals surface area contributed by atoms with Gasteiger partial charge >= 0.3 is 5.97 Å². The minimum absolute atomic E-state index is 0.00680. The molecule has 0 saturated carbocycles. The lowest BCUT2D eigenvalue weighted by molar-refractivity contribution is -0.137. The summed E-state index contributed by atoms with van der Waals surface area (Å²) < 4.78 is 0. The van der Waals surface area contributed by atoms with Gasteiger partial charge in [-0.3, -0.25) is 9.59 Å². The van der Waals surface area contributed by atoms with Gasteiger partial charge < -0.3 is 15.3 Å². The van der Waals surface area contributed by atoms with Crippen molar-refractivity contribution in [3.05, 3.63) is 17.8 Å². The second kappa shape index (κ2) is 6.72. The number of aromatic nitrogens is 2. The maximum absolute atomic E-state index is 12.2. The molecule has 7 heteroatoms. The second-order valence-corrected chi connectivity index (χ2v) is 6.20. The van der Waals surface area contributed by atoms with Crippen LogP contribution in [-0.2, 0) is 4.79 Å². The van der Waals surface area contributed by atoms with Crippen molar-refractivity contribution in [1.82, 2.24) is 15.5 Å². The van der Waals surface area contributed by atoms with E-state index in [2.05, 4.69) is 20.4 Å². The van der Waals surface area contributed by atoms with Gasteiger partial charge in [0.25, 0.3) is 5.91 Å². The van der Waals surface area contributed by atoms with Gasteiger partial charge in [-0.15, -0.1) is 10.2 Å². The predicted molar refractivity (Wildman–Crippen MR) is 81.9 cm³/mol. The van der Waals surface area contributed by atoms with Crippen molar-refractivity contribution in [3.63, 3.8) is 0 Å². The molecule has 2 N–H and O–H groups in total. The Balaban J connectivity index is 1.95.